The molecule has 5 nitrogen and oxygen atoms in total. The summed E-state index contributed by atoms with van der Waals surface area (Å²) in [6.45, 7) is 20.0. The van der Waals surface area contributed by atoms with Crippen LogP contribution in [0.3, 0.4) is 0 Å². The topological polar surface area (TPSA) is 41.5 Å². The van der Waals surface area contributed by atoms with Crippen molar-refractivity contribution in [3.05, 3.63) is 130 Å². The van der Waals surface area contributed by atoms with Gasteiger partial charge in [0, 0.05) is 61.4 Å². The van der Waals surface area contributed by atoms with Crippen LogP contribution in [0.15, 0.2) is 85.2 Å². The molecular weight excluding hydrogens is 719 g/mol. The highest BCUT2D eigenvalue weighted by Crippen LogP contribution is 2.31. The predicted octanol–water partition coefficient (Wildman–Crippen LogP) is 11.8. The zero-order valence-electron chi connectivity index (χ0n) is 32.4. The average Bonchev–Trinajstić information content (AvgIpc) is 3.12. The number of rotatable bonds is 12. The van der Waals surface area contributed by atoms with Crippen LogP contribution in [-0.2, 0) is 13.1 Å². The van der Waals surface area contributed by atoms with E-state index in [-0.39, 0.29) is 37.2 Å². The first kappa shape index (κ1) is 43.8. The fourth-order valence-electron chi connectivity index (χ4n) is 7.17. The van der Waals surface area contributed by atoms with Crippen LogP contribution in [0, 0.1) is 41.5 Å². The molecule has 0 atom stereocenters. The minimum Gasteiger partial charge on any atom is -0.494 e. The molecule has 3 heterocycles. The molecule has 0 aliphatic carbocycles. The molecule has 3 aromatic carbocycles. The molecule has 1 aliphatic rings. The molecule has 8 heteroatoms. The Bertz CT molecular complexity index is 1880. The van der Waals surface area contributed by atoms with Gasteiger partial charge < -0.3 is 9.64 Å². The summed E-state index contributed by atoms with van der Waals surface area (Å²) in [6.07, 6.45) is 8.37. The molecule has 0 amide bonds. The van der Waals surface area contributed by atoms with Gasteiger partial charge in [-0.2, -0.15) is 0 Å². The van der Waals surface area contributed by atoms with Crippen molar-refractivity contribution in [2.24, 2.45) is 0 Å². The minimum absolute atomic E-state index is 0. The normalized spacial score (nSPS) is 13.0. The van der Waals surface area contributed by atoms with Gasteiger partial charge in [-0.05, 0) is 178 Å². The number of hydrogen-bond acceptors (Lipinski definition) is 5. The summed E-state index contributed by atoms with van der Waals surface area (Å²) in [7, 11) is 0. The predicted molar refractivity (Wildman–Crippen MR) is 231 cm³/mol. The summed E-state index contributed by atoms with van der Waals surface area (Å²) >= 11 is 0. The van der Waals surface area contributed by atoms with E-state index in [0.717, 1.165) is 75.6 Å². The van der Waals surface area contributed by atoms with Gasteiger partial charge in [-0.1, -0.05) is 13.3 Å². The number of aromatic nitrogens is 2. The van der Waals surface area contributed by atoms with E-state index in [1.807, 2.05) is 12.4 Å². The molecule has 0 bridgehead atoms. The molecule has 0 unspecified atom stereocenters. The number of nitrogens with zero attached hydrogens (tertiary/aromatic N) is 4. The Morgan fingerprint density at radius 3 is 1.66 bits per heavy atom. The van der Waals surface area contributed by atoms with E-state index < -0.39 is 0 Å². The van der Waals surface area contributed by atoms with Crippen molar-refractivity contribution in [3.63, 3.8) is 0 Å². The molecule has 1 aliphatic heterocycles. The first-order valence-corrected chi connectivity index (χ1v) is 18.5. The van der Waals surface area contributed by atoms with E-state index in [1.54, 1.807) is 0 Å². The SMILES string of the molecule is CCCCOc1ccc(N(Cc2ccnc(-c3cc(C)c(C)c(C)c3)c2)C2CCN(Cc3ccnc(-c4cc(C)c(C)c(C)c4)c3)CC2)cc1.Cl.Cl.Cl. The fourth-order valence-corrected chi connectivity index (χ4v) is 7.17. The maximum Gasteiger partial charge on any atom is 0.119 e. The van der Waals surface area contributed by atoms with Crippen molar-refractivity contribution in [2.45, 2.75) is 93.3 Å². The summed E-state index contributed by atoms with van der Waals surface area (Å²) in [5, 5.41) is 0. The quantitative estimate of drug-likeness (QED) is 0.118. The molecule has 0 radical (unpaired) electrons. The molecular formula is C45H57Cl3N4O. The molecule has 0 N–H and O–H groups in total. The van der Waals surface area contributed by atoms with Gasteiger partial charge in [0.05, 0.1) is 18.0 Å². The monoisotopic (exact) mass is 774 g/mol. The summed E-state index contributed by atoms with van der Waals surface area (Å²) in [4.78, 5) is 14.8. The summed E-state index contributed by atoms with van der Waals surface area (Å²) in [5.41, 5.74) is 16.3. The lowest BCUT2D eigenvalue weighted by Gasteiger charge is -2.40. The molecule has 2 aromatic heterocycles. The van der Waals surface area contributed by atoms with Crippen molar-refractivity contribution in [1.29, 1.82) is 0 Å². The summed E-state index contributed by atoms with van der Waals surface area (Å²) < 4.78 is 6.02. The second-order valence-corrected chi connectivity index (χ2v) is 14.4. The maximum absolute atomic E-state index is 6.02. The molecule has 284 valence electrons. The van der Waals surface area contributed by atoms with Crippen LogP contribution in [0.25, 0.3) is 22.5 Å². The van der Waals surface area contributed by atoms with E-state index in [4.69, 9.17) is 14.7 Å². The number of unbranched alkanes of at least 4 members (excludes halogenated alkanes) is 1. The van der Waals surface area contributed by atoms with Crippen LogP contribution in [-0.4, -0.2) is 40.6 Å². The van der Waals surface area contributed by atoms with Gasteiger partial charge in [-0.25, -0.2) is 0 Å². The molecule has 6 rings (SSSR count). The van der Waals surface area contributed by atoms with Crippen LogP contribution in [0.1, 0.15) is 77.1 Å². The first-order valence-electron chi connectivity index (χ1n) is 18.5. The zero-order valence-corrected chi connectivity index (χ0v) is 34.9. The van der Waals surface area contributed by atoms with Crippen molar-refractivity contribution in [1.82, 2.24) is 14.9 Å². The van der Waals surface area contributed by atoms with Crippen LogP contribution in [0.2, 0.25) is 0 Å². The largest absolute Gasteiger partial charge is 0.494 e. The number of benzene rings is 3. The second-order valence-electron chi connectivity index (χ2n) is 14.4. The lowest BCUT2D eigenvalue weighted by atomic mass is 9.97. The van der Waals surface area contributed by atoms with Gasteiger partial charge in [0.1, 0.15) is 5.75 Å². The first-order chi connectivity index (χ1) is 24.2. The van der Waals surface area contributed by atoms with E-state index >= 15 is 0 Å². The molecule has 53 heavy (non-hydrogen) atoms. The van der Waals surface area contributed by atoms with Gasteiger partial charge in [0.25, 0.3) is 0 Å². The molecule has 0 saturated carbocycles. The van der Waals surface area contributed by atoms with Crippen molar-refractivity contribution >= 4 is 42.9 Å². The van der Waals surface area contributed by atoms with Gasteiger partial charge in [-0.15, -0.1) is 37.2 Å². The molecule has 1 fully saturated rings. The Morgan fingerprint density at radius 2 is 1.15 bits per heavy atom. The van der Waals surface area contributed by atoms with E-state index in [1.165, 1.54) is 61.3 Å². The van der Waals surface area contributed by atoms with Crippen molar-refractivity contribution < 1.29 is 4.74 Å². The van der Waals surface area contributed by atoms with Crippen LogP contribution in [0.4, 0.5) is 5.69 Å². The van der Waals surface area contributed by atoms with E-state index in [9.17, 15) is 0 Å². The lowest BCUT2D eigenvalue weighted by Crippen LogP contribution is -2.44. The van der Waals surface area contributed by atoms with Gasteiger partial charge >= 0.3 is 0 Å². The number of halogens is 3. The number of anilines is 1. The maximum atomic E-state index is 6.02. The molecule has 5 aromatic rings. The van der Waals surface area contributed by atoms with Crippen LogP contribution in [0.5, 0.6) is 5.75 Å². The Morgan fingerprint density at radius 1 is 0.660 bits per heavy atom. The third-order valence-corrected chi connectivity index (χ3v) is 10.8. The fraction of sp³-hybridized carbons (Fsp3) is 0.378. The summed E-state index contributed by atoms with van der Waals surface area (Å²) in [5.74, 6) is 0.945. The zero-order chi connectivity index (χ0) is 35.2. The summed E-state index contributed by atoms with van der Waals surface area (Å²) in [6, 6.07) is 27.2. The number of piperidine rings is 1. The average molecular weight is 776 g/mol. The Kier molecular flexibility index (Phi) is 16.7. The highest BCUT2D eigenvalue weighted by molar-refractivity contribution is 5.86. The minimum atomic E-state index is 0. The standard InChI is InChI=1S/C45H54N4O.3ClH/c1-8-9-22-50-43-12-10-41(11-13-43)49(30-38-15-19-47-45(28-38)40-25-33(4)36(7)34(5)26-40)42-16-20-48(21-17-42)29-37-14-18-46-44(27-37)39-23-31(2)35(6)32(3)24-39;;;/h10-15,18-19,23-28,42H,8-9,16-17,20-22,29-30H2,1-7H3;3*1H. The molecule has 1 saturated heterocycles. The van der Waals surface area contributed by atoms with E-state index in [2.05, 4.69) is 131 Å². The third-order valence-electron chi connectivity index (χ3n) is 10.8. The molecule has 0 spiro atoms. The van der Waals surface area contributed by atoms with Gasteiger partial charge in [-0.3, -0.25) is 14.9 Å². The van der Waals surface area contributed by atoms with Gasteiger partial charge in [0.15, 0.2) is 0 Å². The van der Waals surface area contributed by atoms with Crippen molar-refractivity contribution in [3.8, 4) is 28.3 Å². The Hall–Kier alpha value is -3.61. The lowest BCUT2D eigenvalue weighted by molar-refractivity contribution is 0.201. The second kappa shape index (κ2) is 20.2. The number of aryl methyl sites for hydroxylation is 4. The smallest absolute Gasteiger partial charge is 0.119 e. The van der Waals surface area contributed by atoms with Crippen molar-refractivity contribution in [2.75, 3.05) is 24.6 Å². The van der Waals surface area contributed by atoms with E-state index in [0.29, 0.717) is 6.04 Å². The highest BCUT2D eigenvalue weighted by Gasteiger charge is 2.26. The third kappa shape index (κ3) is 11.0. The number of hydrogen-bond donors (Lipinski definition) is 0. The Balaban J connectivity index is 0.00000252. The van der Waals surface area contributed by atoms with Crippen LogP contribution >= 0.6 is 37.2 Å². The Labute approximate surface area is 336 Å². The van der Waals surface area contributed by atoms with Gasteiger partial charge in [0.2, 0.25) is 0 Å². The highest BCUT2D eigenvalue weighted by atomic mass is 35.5. The number of likely N-dealkylation sites (tertiary alicyclic amines) is 1. The number of pyridine rings is 2. The number of ether oxygens (including phenoxy) is 1. The van der Waals surface area contributed by atoms with Crippen LogP contribution < -0.4 is 9.64 Å².